The SMILES string of the molecule is CC1(C)c2ccccc2-c2ccc(-c3cccc(-c4ccc(-c5nc6ccccn6c5-c5ccccc5)cc4)c3)cc21. The van der Waals surface area contributed by atoms with E-state index in [0.717, 1.165) is 28.2 Å². The topological polar surface area (TPSA) is 17.3 Å². The minimum Gasteiger partial charge on any atom is -0.299 e. The highest BCUT2D eigenvalue weighted by atomic mass is 15.0. The third kappa shape index (κ3) is 3.83. The van der Waals surface area contributed by atoms with Crippen LogP contribution in [0.3, 0.4) is 0 Å². The van der Waals surface area contributed by atoms with Crippen LogP contribution in [0.5, 0.6) is 0 Å². The van der Waals surface area contributed by atoms with Crippen LogP contribution in [-0.2, 0) is 5.41 Å². The molecular formula is C40H30N2. The van der Waals surface area contributed by atoms with Crippen molar-refractivity contribution >= 4 is 5.65 Å². The summed E-state index contributed by atoms with van der Waals surface area (Å²) in [4.78, 5) is 5.03. The van der Waals surface area contributed by atoms with Gasteiger partial charge in [0.2, 0.25) is 0 Å². The van der Waals surface area contributed by atoms with Crippen molar-refractivity contribution in [2.45, 2.75) is 19.3 Å². The minimum absolute atomic E-state index is 0.00803. The molecule has 1 aliphatic rings. The average Bonchev–Trinajstić information content (AvgIpc) is 3.54. The first kappa shape index (κ1) is 24.6. The highest BCUT2D eigenvalue weighted by molar-refractivity contribution is 5.85. The van der Waals surface area contributed by atoms with E-state index in [2.05, 4.69) is 158 Å². The summed E-state index contributed by atoms with van der Waals surface area (Å²) in [5, 5.41) is 0. The minimum atomic E-state index is -0.00803. The summed E-state index contributed by atoms with van der Waals surface area (Å²) >= 11 is 0. The van der Waals surface area contributed by atoms with Gasteiger partial charge in [-0.15, -0.1) is 0 Å². The van der Waals surface area contributed by atoms with Crippen molar-refractivity contribution in [3.05, 3.63) is 157 Å². The smallest absolute Gasteiger partial charge is 0.137 e. The van der Waals surface area contributed by atoms with E-state index in [1.54, 1.807) is 0 Å². The van der Waals surface area contributed by atoms with Crippen LogP contribution >= 0.6 is 0 Å². The van der Waals surface area contributed by atoms with Crippen LogP contribution in [0.4, 0.5) is 0 Å². The summed E-state index contributed by atoms with van der Waals surface area (Å²) < 4.78 is 2.18. The van der Waals surface area contributed by atoms with E-state index in [9.17, 15) is 0 Å². The van der Waals surface area contributed by atoms with Crippen molar-refractivity contribution in [3.8, 4) is 55.9 Å². The number of pyridine rings is 1. The van der Waals surface area contributed by atoms with Crippen LogP contribution in [0.1, 0.15) is 25.0 Å². The summed E-state index contributed by atoms with van der Waals surface area (Å²) in [6.45, 7) is 4.68. The number of aromatic nitrogens is 2. The Bertz CT molecular complexity index is 2100. The first-order valence-corrected chi connectivity index (χ1v) is 14.6. The summed E-state index contributed by atoms with van der Waals surface area (Å²) in [5.41, 5.74) is 15.7. The van der Waals surface area contributed by atoms with Gasteiger partial charge < -0.3 is 0 Å². The van der Waals surface area contributed by atoms with Crippen molar-refractivity contribution in [2.24, 2.45) is 0 Å². The Morgan fingerprint density at radius 3 is 1.93 bits per heavy atom. The molecule has 0 bridgehead atoms. The lowest BCUT2D eigenvalue weighted by atomic mass is 9.81. The van der Waals surface area contributed by atoms with E-state index in [-0.39, 0.29) is 5.41 Å². The van der Waals surface area contributed by atoms with Crippen molar-refractivity contribution in [2.75, 3.05) is 0 Å². The molecule has 200 valence electrons. The maximum absolute atomic E-state index is 5.03. The van der Waals surface area contributed by atoms with Crippen LogP contribution in [-0.4, -0.2) is 9.38 Å². The fraction of sp³-hybridized carbons (Fsp3) is 0.0750. The number of hydrogen-bond acceptors (Lipinski definition) is 1. The Morgan fingerprint density at radius 2 is 1.10 bits per heavy atom. The second-order valence-electron chi connectivity index (χ2n) is 11.7. The Balaban J connectivity index is 1.16. The molecule has 0 N–H and O–H groups in total. The van der Waals surface area contributed by atoms with E-state index in [1.165, 1.54) is 44.5 Å². The fourth-order valence-electron chi connectivity index (χ4n) is 6.65. The molecule has 42 heavy (non-hydrogen) atoms. The zero-order valence-electron chi connectivity index (χ0n) is 23.8. The second kappa shape index (κ2) is 9.43. The van der Waals surface area contributed by atoms with Crippen LogP contribution in [0, 0.1) is 0 Å². The monoisotopic (exact) mass is 538 g/mol. The third-order valence-corrected chi connectivity index (χ3v) is 8.85. The van der Waals surface area contributed by atoms with Gasteiger partial charge in [0.25, 0.3) is 0 Å². The van der Waals surface area contributed by atoms with Crippen molar-refractivity contribution in [3.63, 3.8) is 0 Å². The summed E-state index contributed by atoms with van der Waals surface area (Å²) in [5.74, 6) is 0. The molecule has 0 radical (unpaired) electrons. The second-order valence-corrected chi connectivity index (χ2v) is 11.7. The molecule has 0 fully saturated rings. The molecule has 7 aromatic rings. The molecule has 1 aliphatic carbocycles. The van der Waals surface area contributed by atoms with Gasteiger partial charge in [0, 0.05) is 22.7 Å². The molecule has 0 aliphatic heterocycles. The van der Waals surface area contributed by atoms with Crippen LogP contribution in [0.25, 0.3) is 61.5 Å². The highest BCUT2D eigenvalue weighted by Gasteiger charge is 2.35. The molecule has 0 saturated heterocycles. The quantitative estimate of drug-likeness (QED) is 0.218. The van der Waals surface area contributed by atoms with Crippen LogP contribution in [0.15, 0.2) is 146 Å². The van der Waals surface area contributed by atoms with Crippen LogP contribution < -0.4 is 0 Å². The van der Waals surface area contributed by atoms with Gasteiger partial charge in [-0.1, -0.05) is 129 Å². The normalized spacial score (nSPS) is 13.2. The third-order valence-electron chi connectivity index (χ3n) is 8.85. The van der Waals surface area contributed by atoms with Gasteiger partial charge in [0.15, 0.2) is 0 Å². The molecule has 0 spiro atoms. The van der Waals surface area contributed by atoms with Gasteiger partial charge in [-0.2, -0.15) is 0 Å². The Hall–Kier alpha value is -5.21. The van der Waals surface area contributed by atoms with Crippen molar-refractivity contribution in [1.29, 1.82) is 0 Å². The molecule has 2 aromatic heterocycles. The van der Waals surface area contributed by atoms with Gasteiger partial charge in [0.1, 0.15) is 5.65 Å². The Labute approximate surface area is 246 Å². The van der Waals surface area contributed by atoms with E-state index in [1.807, 2.05) is 6.07 Å². The maximum Gasteiger partial charge on any atom is 0.137 e. The number of benzene rings is 5. The van der Waals surface area contributed by atoms with Crippen molar-refractivity contribution < 1.29 is 0 Å². The van der Waals surface area contributed by atoms with E-state index < -0.39 is 0 Å². The number of hydrogen-bond donors (Lipinski definition) is 0. The molecule has 2 nitrogen and oxygen atoms in total. The molecule has 0 saturated carbocycles. The molecule has 8 rings (SSSR count). The molecule has 0 atom stereocenters. The number of rotatable bonds is 4. The van der Waals surface area contributed by atoms with Crippen LogP contribution in [0.2, 0.25) is 0 Å². The highest BCUT2D eigenvalue weighted by Crippen LogP contribution is 2.49. The molecule has 2 heterocycles. The Morgan fingerprint density at radius 1 is 0.476 bits per heavy atom. The molecule has 2 heteroatoms. The number of imidazole rings is 1. The van der Waals surface area contributed by atoms with Crippen molar-refractivity contribution in [1.82, 2.24) is 9.38 Å². The maximum atomic E-state index is 5.03. The van der Waals surface area contributed by atoms with Gasteiger partial charge in [-0.05, 0) is 68.8 Å². The summed E-state index contributed by atoms with van der Waals surface area (Å²) in [6, 6.07) is 50.2. The molecule has 0 unspecified atom stereocenters. The predicted octanol–water partition coefficient (Wildman–Crippen LogP) is 10.3. The average molecular weight is 539 g/mol. The molecular weight excluding hydrogens is 508 g/mol. The standard InChI is InChI=1S/C40H30N2/c1-40(2)35-16-7-6-15-33(35)34-23-22-32(26-36(34)40)31-14-10-13-30(25-31)27-18-20-28(21-19-27)38-39(29-11-4-3-5-12-29)42-24-9-8-17-37(42)41-38/h3-26H,1-2H3. The zero-order chi connectivity index (χ0) is 28.3. The lowest BCUT2D eigenvalue weighted by Gasteiger charge is -2.22. The van der Waals surface area contributed by atoms with Gasteiger partial charge in [0.05, 0.1) is 11.4 Å². The summed E-state index contributed by atoms with van der Waals surface area (Å²) in [7, 11) is 0. The zero-order valence-corrected chi connectivity index (χ0v) is 23.8. The number of nitrogens with zero attached hydrogens (tertiary/aromatic N) is 2. The van der Waals surface area contributed by atoms with E-state index in [0.29, 0.717) is 0 Å². The van der Waals surface area contributed by atoms with E-state index >= 15 is 0 Å². The number of fused-ring (bicyclic) bond motifs is 4. The fourth-order valence-corrected chi connectivity index (χ4v) is 6.65. The van der Waals surface area contributed by atoms with Gasteiger partial charge in [-0.3, -0.25) is 4.40 Å². The molecule has 0 amide bonds. The lowest BCUT2D eigenvalue weighted by molar-refractivity contribution is 0.660. The Kier molecular flexibility index (Phi) is 5.52. The summed E-state index contributed by atoms with van der Waals surface area (Å²) in [6.07, 6.45) is 2.09. The van der Waals surface area contributed by atoms with Gasteiger partial charge >= 0.3 is 0 Å². The van der Waals surface area contributed by atoms with E-state index in [4.69, 9.17) is 4.98 Å². The lowest BCUT2D eigenvalue weighted by Crippen LogP contribution is -2.14. The first-order valence-electron chi connectivity index (χ1n) is 14.6. The largest absolute Gasteiger partial charge is 0.299 e. The molecule has 5 aromatic carbocycles. The van der Waals surface area contributed by atoms with Gasteiger partial charge in [-0.25, -0.2) is 4.98 Å². The first-order chi connectivity index (χ1) is 20.6. The predicted molar refractivity (Wildman–Crippen MR) is 174 cm³/mol.